The highest BCUT2D eigenvalue weighted by Gasteiger charge is 2.90. The van der Waals surface area contributed by atoms with Gasteiger partial charge in [0.05, 0.1) is 43.7 Å². The van der Waals surface area contributed by atoms with E-state index < -0.39 is 76.3 Å². The minimum absolute atomic E-state index is 0.179. The zero-order valence-corrected chi connectivity index (χ0v) is 28.3. The summed E-state index contributed by atoms with van der Waals surface area (Å²) in [5, 5.41) is 24.8. The van der Waals surface area contributed by atoms with Crippen molar-refractivity contribution >= 4 is 11.9 Å². The highest BCUT2D eigenvalue weighted by Crippen LogP contribution is 2.80. The molecule has 1 saturated heterocycles. The summed E-state index contributed by atoms with van der Waals surface area (Å²) in [6.45, 7) is 5.04. The fraction of sp³-hybridized carbons (Fsp3) is 0.771. The van der Waals surface area contributed by atoms with Gasteiger partial charge in [0, 0.05) is 89.4 Å². The van der Waals surface area contributed by atoms with Gasteiger partial charge in [-0.15, -0.1) is 0 Å². The number of methoxy groups -OCH3 is 5. The predicted octanol–water partition coefficient (Wildman–Crippen LogP) is 1.69. The summed E-state index contributed by atoms with van der Waals surface area (Å²) in [6.07, 6.45) is -2.70. The van der Waals surface area contributed by atoms with Crippen LogP contribution in [0.5, 0.6) is 5.75 Å². The number of nitrogens with zero attached hydrogens (tertiary/aromatic N) is 1. The van der Waals surface area contributed by atoms with Gasteiger partial charge in [0.2, 0.25) is 0 Å². The van der Waals surface area contributed by atoms with Crippen molar-refractivity contribution < 1.29 is 53.0 Å². The zero-order chi connectivity index (χ0) is 33.7. The van der Waals surface area contributed by atoms with Crippen LogP contribution in [0.25, 0.3) is 0 Å². The number of rotatable bonds is 10. The van der Waals surface area contributed by atoms with Crippen LogP contribution in [0.1, 0.15) is 43.5 Å². The van der Waals surface area contributed by atoms with E-state index in [0.717, 1.165) is 0 Å². The third kappa shape index (κ3) is 4.00. The summed E-state index contributed by atoms with van der Waals surface area (Å²) in [5.41, 5.74) is -3.89. The number of carbonyl (C=O) groups is 2. The Morgan fingerprint density at radius 1 is 0.979 bits per heavy atom. The van der Waals surface area contributed by atoms with Crippen LogP contribution in [0.15, 0.2) is 24.3 Å². The maximum atomic E-state index is 13.9. The summed E-state index contributed by atoms with van der Waals surface area (Å²) in [5.74, 6) is -2.10. The van der Waals surface area contributed by atoms with Crippen molar-refractivity contribution in [2.75, 3.05) is 55.2 Å². The number of piperidine rings is 1. The maximum absolute atomic E-state index is 13.9. The van der Waals surface area contributed by atoms with Crippen LogP contribution >= 0.6 is 0 Å². The molecule has 2 N–H and O–H groups in total. The first-order chi connectivity index (χ1) is 22.5. The van der Waals surface area contributed by atoms with Crippen LogP contribution in [0.4, 0.5) is 0 Å². The first-order valence-corrected chi connectivity index (χ1v) is 16.7. The largest absolute Gasteiger partial charge is 0.497 e. The Kier molecular flexibility index (Phi) is 8.02. The molecule has 1 aliphatic heterocycles. The lowest BCUT2D eigenvalue weighted by molar-refractivity contribution is -0.300. The normalized spacial score (nSPS) is 47.4. The number of aliphatic hydroxyl groups excluding tert-OH is 1. The monoisotopic (exact) mass is 659 g/mol. The van der Waals surface area contributed by atoms with Crippen LogP contribution in [-0.2, 0) is 33.2 Å². The van der Waals surface area contributed by atoms with Gasteiger partial charge in [-0.05, 0) is 43.1 Å². The van der Waals surface area contributed by atoms with Crippen molar-refractivity contribution in [2.24, 2.45) is 34.5 Å². The number of ether oxygens (including phenoxy) is 7. The fourth-order valence-electron chi connectivity index (χ4n) is 12.4. The molecular formula is C35H49NO11. The minimum Gasteiger partial charge on any atom is -0.497 e. The fourth-order valence-corrected chi connectivity index (χ4v) is 12.4. The number of likely N-dealkylation sites (tertiary alicyclic amines) is 1. The van der Waals surface area contributed by atoms with Gasteiger partial charge >= 0.3 is 11.9 Å². The number of benzene rings is 1. The first-order valence-electron chi connectivity index (χ1n) is 16.7. The third-order valence-corrected chi connectivity index (χ3v) is 13.4. The molecule has 6 aliphatic rings. The number of hydrogen-bond acceptors (Lipinski definition) is 12. The van der Waals surface area contributed by atoms with Gasteiger partial charge < -0.3 is 43.4 Å². The SMILES string of the molecule is CCN1C[C@@]2(COC)[C@H](O)C[C@H](OC)[C@@]34[C@@H]5C[C@@]6(O)[C@H](OC)C[C@](OC(C)=O)([C@H]5[C@@H]6OC(=O)c5ccc(OC)cc5)[C@@H]([C@@H](OC)[C@H]23)[C@@H]14. The second-order valence-electron chi connectivity index (χ2n) is 14.7. The van der Waals surface area contributed by atoms with E-state index in [9.17, 15) is 19.8 Å². The standard InChI is InChI=1S/C35H49NO11/c1-8-36-16-32(17-41-3)22(38)13-23(43-5)35-21-14-33(40)24(44-6)15-34(47-18(2)37,26(29(35)36)27(45-7)28(32)35)25(21)30(33)46-31(39)19-9-11-20(42-4)12-10-19/h9-12,21-30,38,40H,8,13-17H2,1-7H3/t21-,22-,23+,24-,25-,26+,27-,28-,29-,30+,32-,33-,34+,35+/m1/s1. The van der Waals surface area contributed by atoms with Gasteiger partial charge in [0.25, 0.3) is 0 Å². The van der Waals surface area contributed by atoms with E-state index in [-0.39, 0.29) is 30.7 Å². The molecule has 0 aromatic heterocycles. The Balaban J connectivity index is 1.47. The van der Waals surface area contributed by atoms with Gasteiger partial charge in [0.1, 0.15) is 23.1 Å². The van der Waals surface area contributed by atoms with Crippen LogP contribution < -0.4 is 4.74 Å². The quantitative estimate of drug-likeness (QED) is 0.353. The number of aliphatic hydroxyl groups is 2. The van der Waals surface area contributed by atoms with Crippen LogP contribution in [-0.4, -0.2) is 130 Å². The number of fused-ring (bicyclic) bond motifs is 2. The second-order valence-corrected chi connectivity index (χ2v) is 14.7. The molecule has 12 heteroatoms. The molecule has 7 bridgehead atoms. The maximum Gasteiger partial charge on any atom is 0.338 e. The molecule has 5 saturated carbocycles. The Morgan fingerprint density at radius 3 is 2.26 bits per heavy atom. The molecule has 1 aromatic carbocycles. The van der Waals surface area contributed by atoms with E-state index >= 15 is 0 Å². The van der Waals surface area contributed by atoms with Crippen LogP contribution in [0.3, 0.4) is 0 Å². The smallest absolute Gasteiger partial charge is 0.338 e. The zero-order valence-electron chi connectivity index (χ0n) is 28.3. The Hall–Kier alpha value is -2.32. The van der Waals surface area contributed by atoms with Crippen molar-refractivity contribution in [3.8, 4) is 5.75 Å². The molecule has 7 rings (SSSR count). The molecule has 1 aromatic rings. The van der Waals surface area contributed by atoms with Gasteiger partial charge in [-0.3, -0.25) is 9.69 Å². The summed E-state index contributed by atoms with van der Waals surface area (Å²) in [4.78, 5) is 29.5. The van der Waals surface area contributed by atoms with E-state index in [4.69, 9.17) is 33.2 Å². The minimum atomic E-state index is -1.58. The summed E-state index contributed by atoms with van der Waals surface area (Å²) in [6, 6.07) is 6.44. The van der Waals surface area contributed by atoms with Crippen molar-refractivity contribution in [1.29, 1.82) is 0 Å². The lowest BCUT2D eigenvalue weighted by Gasteiger charge is -2.70. The molecule has 12 nitrogen and oxygen atoms in total. The molecule has 47 heavy (non-hydrogen) atoms. The van der Waals surface area contributed by atoms with E-state index in [1.807, 2.05) is 0 Å². The predicted molar refractivity (Wildman–Crippen MR) is 166 cm³/mol. The lowest BCUT2D eigenvalue weighted by atomic mass is 9.42. The Bertz CT molecular complexity index is 1390. The number of hydrogen-bond donors (Lipinski definition) is 2. The molecule has 0 amide bonds. The highest BCUT2D eigenvalue weighted by atomic mass is 16.6. The summed E-state index contributed by atoms with van der Waals surface area (Å²) in [7, 11) is 8.11. The molecule has 0 unspecified atom stereocenters. The average Bonchev–Trinajstić information content (AvgIpc) is 3.43. The summed E-state index contributed by atoms with van der Waals surface area (Å²) < 4.78 is 43.2. The van der Waals surface area contributed by atoms with E-state index in [1.54, 1.807) is 52.7 Å². The first kappa shape index (κ1) is 33.2. The van der Waals surface area contributed by atoms with E-state index in [0.29, 0.717) is 37.4 Å². The number of carbonyl (C=O) groups excluding carboxylic acids is 2. The molecule has 5 aliphatic carbocycles. The van der Waals surface area contributed by atoms with Crippen LogP contribution in [0.2, 0.25) is 0 Å². The van der Waals surface area contributed by atoms with E-state index in [2.05, 4.69) is 11.8 Å². The van der Waals surface area contributed by atoms with Gasteiger partial charge in [-0.2, -0.15) is 0 Å². The van der Waals surface area contributed by atoms with Gasteiger partial charge in [-0.25, -0.2) is 4.79 Å². The number of esters is 2. The molecular weight excluding hydrogens is 610 g/mol. The topological polar surface area (TPSA) is 142 Å². The van der Waals surface area contributed by atoms with Crippen molar-refractivity contribution in [3.05, 3.63) is 29.8 Å². The molecule has 260 valence electrons. The molecule has 1 heterocycles. The molecule has 14 atom stereocenters. The molecule has 1 spiro atoms. The highest BCUT2D eigenvalue weighted by molar-refractivity contribution is 5.89. The average molecular weight is 660 g/mol. The van der Waals surface area contributed by atoms with Gasteiger partial charge in [0.15, 0.2) is 0 Å². The summed E-state index contributed by atoms with van der Waals surface area (Å²) >= 11 is 0. The lowest BCUT2D eigenvalue weighted by Crippen LogP contribution is -2.79. The second kappa shape index (κ2) is 11.4. The molecule has 0 radical (unpaired) electrons. The third-order valence-electron chi connectivity index (χ3n) is 13.4. The Labute approximate surface area is 275 Å². The molecule has 6 fully saturated rings. The van der Waals surface area contributed by atoms with Crippen LogP contribution in [0, 0.1) is 34.5 Å². The van der Waals surface area contributed by atoms with E-state index in [1.165, 1.54) is 14.0 Å². The Morgan fingerprint density at radius 2 is 1.68 bits per heavy atom. The van der Waals surface area contributed by atoms with Crippen molar-refractivity contribution in [2.45, 2.75) is 80.9 Å². The van der Waals surface area contributed by atoms with Crippen molar-refractivity contribution in [1.82, 2.24) is 4.90 Å². The van der Waals surface area contributed by atoms with Gasteiger partial charge in [-0.1, -0.05) is 6.92 Å². The van der Waals surface area contributed by atoms with Crippen molar-refractivity contribution in [3.63, 3.8) is 0 Å².